The number of benzene rings is 2. The molecule has 0 aliphatic carbocycles. The second-order valence-electron chi connectivity index (χ2n) is 5.02. The van der Waals surface area contributed by atoms with Gasteiger partial charge in [-0.15, -0.1) is 0 Å². The molecule has 2 aromatic carbocycles. The van der Waals surface area contributed by atoms with Gasteiger partial charge in [-0.05, 0) is 36.8 Å². The number of carbonyl (C=O) groups is 3. The van der Waals surface area contributed by atoms with Crippen LogP contribution in [-0.2, 0) is 9.47 Å². The molecule has 1 atom stereocenters. The van der Waals surface area contributed by atoms with Crippen LogP contribution in [0, 0.1) is 7.43 Å². The van der Waals surface area contributed by atoms with Crippen LogP contribution < -0.4 is 17.0 Å². The number of hydrogen-bond donors (Lipinski definition) is 1. The van der Waals surface area contributed by atoms with Crippen LogP contribution in [0.4, 0.5) is 0 Å². The SMILES string of the molecule is COC(=O)c1ccc(C(C)O)cc1.COC(=O)c1ccc(C=O)cc1.[Br-].[CH3-].[Mg+2]. The number of aliphatic hydroxyl groups is 1. The Kier molecular flexibility index (Phi) is 18.0. The van der Waals surface area contributed by atoms with Crippen LogP contribution >= 0.6 is 0 Å². The Hall–Kier alpha value is -1.74. The van der Waals surface area contributed by atoms with Crippen molar-refractivity contribution in [2.75, 3.05) is 14.2 Å². The summed E-state index contributed by atoms with van der Waals surface area (Å²) >= 11 is 0. The first-order valence-corrected chi connectivity index (χ1v) is 7.42. The quantitative estimate of drug-likeness (QED) is 0.295. The molecule has 0 bridgehead atoms. The van der Waals surface area contributed by atoms with Crippen LogP contribution in [0.5, 0.6) is 0 Å². The van der Waals surface area contributed by atoms with Gasteiger partial charge >= 0.3 is 35.0 Å². The van der Waals surface area contributed by atoms with Gasteiger partial charge in [0, 0.05) is 5.56 Å². The molecule has 0 amide bonds. The van der Waals surface area contributed by atoms with Crippen molar-refractivity contribution in [3.05, 3.63) is 78.2 Å². The second-order valence-corrected chi connectivity index (χ2v) is 5.02. The fraction of sp³-hybridized carbons (Fsp3) is 0.200. The van der Waals surface area contributed by atoms with Crippen LogP contribution in [0.3, 0.4) is 0 Å². The third-order valence-electron chi connectivity index (χ3n) is 3.28. The molecule has 148 valence electrons. The molecule has 0 spiro atoms. The first-order chi connectivity index (χ1) is 11.9. The summed E-state index contributed by atoms with van der Waals surface area (Å²) in [4.78, 5) is 32.2. The maximum absolute atomic E-state index is 11.0. The first kappa shape index (κ1) is 31.0. The normalized spacial score (nSPS) is 9.57. The number of carbonyl (C=O) groups excluding carboxylic acids is 3. The molecule has 0 fully saturated rings. The van der Waals surface area contributed by atoms with Gasteiger partial charge in [0.2, 0.25) is 0 Å². The third kappa shape index (κ3) is 9.98. The zero-order valence-corrected chi connectivity index (χ0v) is 19.3. The van der Waals surface area contributed by atoms with E-state index in [1.165, 1.54) is 14.2 Å². The Morgan fingerprint density at radius 1 is 0.893 bits per heavy atom. The van der Waals surface area contributed by atoms with Gasteiger partial charge in [0.05, 0.1) is 31.5 Å². The molecule has 28 heavy (non-hydrogen) atoms. The topological polar surface area (TPSA) is 89.9 Å². The van der Waals surface area contributed by atoms with E-state index >= 15 is 0 Å². The predicted molar refractivity (Wildman–Crippen MR) is 104 cm³/mol. The number of hydrogen-bond acceptors (Lipinski definition) is 6. The van der Waals surface area contributed by atoms with E-state index in [1.54, 1.807) is 55.5 Å². The molecule has 0 saturated carbocycles. The standard InChI is InChI=1S/C10H12O3.C9H8O3.CH3.BrH.Mg/c1-7(11)8-3-5-9(6-4-8)10(12)13-2;1-12-9(11)8-4-2-7(6-10)3-5-8;;;/h3-7,11H,1-2H3;2-6H,1H3;1H3;1H;/q;;-1;;+2/p-1. The van der Waals surface area contributed by atoms with E-state index < -0.39 is 12.1 Å². The number of methoxy groups -OCH3 is 2. The number of aliphatic hydroxyl groups excluding tert-OH is 1. The van der Waals surface area contributed by atoms with Crippen molar-refractivity contribution in [3.63, 3.8) is 0 Å². The van der Waals surface area contributed by atoms with E-state index in [1.807, 2.05) is 0 Å². The molecule has 8 heteroatoms. The molecule has 2 rings (SSSR count). The summed E-state index contributed by atoms with van der Waals surface area (Å²) in [6.07, 6.45) is 0.216. The van der Waals surface area contributed by atoms with Crippen molar-refractivity contribution < 1.29 is 45.9 Å². The number of aldehydes is 1. The average Bonchev–Trinajstić information content (AvgIpc) is 2.67. The van der Waals surface area contributed by atoms with Crippen LogP contribution in [0.15, 0.2) is 48.5 Å². The van der Waals surface area contributed by atoms with Gasteiger partial charge in [-0.2, -0.15) is 0 Å². The Labute approximate surface area is 192 Å². The fourth-order valence-electron chi connectivity index (χ4n) is 1.83. The zero-order valence-electron chi connectivity index (χ0n) is 16.3. The average molecular weight is 464 g/mol. The fourth-order valence-corrected chi connectivity index (χ4v) is 1.83. The molecular formula is C20H23BrMgO6. The minimum Gasteiger partial charge on any atom is -1.00 e. The molecule has 0 aliphatic heterocycles. The maximum atomic E-state index is 11.0. The van der Waals surface area contributed by atoms with E-state index in [2.05, 4.69) is 9.47 Å². The van der Waals surface area contributed by atoms with Gasteiger partial charge in [0.15, 0.2) is 0 Å². The molecule has 0 radical (unpaired) electrons. The molecule has 6 nitrogen and oxygen atoms in total. The van der Waals surface area contributed by atoms with Crippen molar-refractivity contribution >= 4 is 41.3 Å². The van der Waals surface area contributed by atoms with Crippen LogP contribution in [0.1, 0.15) is 49.7 Å². The van der Waals surface area contributed by atoms with Gasteiger partial charge in [0.1, 0.15) is 6.29 Å². The second kappa shape index (κ2) is 16.2. The summed E-state index contributed by atoms with van der Waals surface area (Å²) < 4.78 is 9.02. The zero-order chi connectivity index (χ0) is 18.8. The molecule has 1 N–H and O–H groups in total. The summed E-state index contributed by atoms with van der Waals surface area (Å²) in [5.74, 6) is -0.760. The van der Waals surface area contributed by atoms with Crippen molar-refractivity contribution in [1.29, 1.82) is 0 Å². The molecule has 0 aliphatic rings. The third-order valence-corrected chi connectivity index (χ3v) is 3.28. The van der Waals surface area contributed by atoms with Gasteiger partial charge in [-0.25, -0.2) is 9.59 Å². The number of esters is 2. The number of ether oxygens (including phenoxy) is 2. The van der Waals surface area contributed by atoms with E-state index in [0.29, 0.717) is 16.7 Å². The Morgan fingerprint density at radius 2 is 1.25 bits per heavy atom. The van der Waals surface area contributed by atoms with Crippen molar-refractivity contribution in [3.8, 4) is 0 Å². The summed E-state index contributed by atoms with van der Waals surface area (Å²) in [5, 5.41) is 9.19. The first-order valence-electron chi connectivity index (χ1n) is 7.42. The molecule has 0 saturated heterocycles. The summed E-state index contributed by atoms with van der Waals surface area (Å²) in [6, 6.07) is 12.9. The van der Waals surface area contributed by atoms with Gasteiger partial charge < -0.3 is 39.0 Å². The van der Waals surface area contributed by atoms with E-state index in [-0.39, 0.29) is 53.4 Å². The smallest absolute Gasteiger partial charge is 1.00 e. The molecule has 0 aromatic heterocycles. The van der Waals surface area contributed by atoms with E-state index in [9.17, 15) is 19.5 Å². The van der Waals surface area contributed by atoms with Crippen molar-refractivity contribution in [2.45, 2.75) is 13.0 Å². The Morgan fingerprint density at radius 3 is 1.54 bits per heavy atom. The Balaban J connectivity index is -0.000000404. The summed E-state index contributed by atoms with van der Waals surface area (Å²) in [6.45, 7) is 1.67. The minimum atomic E-state index is -0.508. The van der Waals surface area contributed by atoms with Gasteiger partial charge in [-0.1, -0.05) is 24.3 Å². The van der Waals surface area contributed by atoms with Crippen molar-refractivity contribution in [1.82, 2.24) is 0 Å². The van der Waals surface area contributed by atoms with Crippen molar-refractivity contribution in [2.24, 2.45) is 0 Å². The molecule has 1 unspecified atom stereocenters. The van der Waals surface area contributed by atoms with Crippen LogP contribution in [0.25, 0.3) is 0 Å². The van der Waals surface area contributed by atoms with Crippen LogP contribution in [-0.4, -0.2) is 60.6 Å². The summed E-state index contributed by atoms with van der Waals surface area (Å²) in [7, 11) is 2.65. The molecule has 2 aromatic rings. The molecular weight excluding hydrogens is 440 g/mol. The largest absolute Gasteiger partial charge is 2.00 e. The van der Waals surface area contributed by atoms with E-state index in [0.717, 1.165) is 11.8 Å². The Bertz CT molecular complexity index is 714. The van der Waals surface area contributed by atoms with Gasteiger partial charge in [0.25, 0.3) is 0 Å². The maximum Gasteiger partial charge on any atom is 2.00 e. The molecule has 0 heterocycles. The summed E-state index contributed by atoms with van der Waals surface area (Å²) in [5.41, 5.74) is 2.27. The van der Waals surface area contributed by atoms with Crippen LogP contribution in [0.2, 0.25) is 0 Å². The van der Waals surface area contributed by atoms with E-state index in [4.69, 9.17) is 0 Å². The predicted octanol–water partition coefficient (Wildman–Crippen LogP) is -0.114. The monoisotopic (exact) mass is 462 g/mol. The number of halogens is 1. The minimum absolute atomic E-state index is 0. The number of rotatable bonds is 4. The van der Waals surface area contributed by atoms with Gasteiger partial charge in [-0.3, -0.25) is 4.79 Å².